The molecule has 0 saturated carbocycles. The maximum Gasteiger partial charge on any atom is 0.492 e. The first-order valence-electron chi connectivity index (χ1n) is 7.51. The Kier molecular flexibility index (Phi) is 6.05. The first-order chi connectivity index (χ1) is 10.1. The van der Waals surface area contributed by atoms with Crippen molar-refractivity contribution in [2.24, 2.45) is 0 Å². The van der Waals surface area contributed by atoms with Gasteiger partial charge in [0.05, 0.1) is 13.2 Å². The molecule has 0 bridgehead atoms. The van der Waals surface area contributed by atoms with Crippen molar-refractivity contribution in [3.05, 3.63) is 23.8 Å². The Bertz CT molecular complexity index is 447. The van der Waals surface area contributed by atoms with Crippen molar-refractivity contribution in [3.8, 4) is 5.75 Å². The van der Waals surface area contributed by atoms with Gasteiger partial charge >= 0.3 is 7.12 Å². The number of likely N-dealkylation sites (tertiary alicyclic amines) is 1. The molecule has 1 fully saturated rings. The van der Waals surface area contributed by atoms with Crippen LogP contribution in [-0.4, -0.2) is 55.0 Å². The topological polar surface area (TPSA) is 62.2 Å². The Labute approximate surface area is 126 Å². The largest absolute Gasteiger partial charge is 0.497 e. The second kappa shape index (κ2) is 7.80. The van der Waals surface area contributed by atoms with Crippen molar-refractivity contribution in [2.45, 2.75) is 32.4 Å². The highest BCUT2D eigenvalue weighted by Crippen LogP contribution is 2.17. The highest BCUT2D eigenvalue weighted by Gasteiger charge is 2.21. The molecule has 1 aromatic carbocycles. The number of hydrogen-bond acceptors (Lipinski definition) is 5. The van der Waals surface area contributed by atoms with E-state index in [1.165, 1.54) is 7.11 Å². The quantitative estimate of drug-likeness (QED) is 0.742. The molecular weight excluding hydrogens is 269 g/mol. The summed E-state index contributed by atoms with van der Waals surface area (Å²) in [5.41, 5.74) is 1.48. The molecule has 5 nitrogen and oxygen atoms in total. The zero-order valence-electron chi connectivity index (χ0n) is 12.8. The van der Waals surface area contributed by atoms with Gasteiger partial charge in [-0.25, -0.2) is 0 Å². The van der Waals surface area contributed by atoms with Crippen LogP contribution in [0.5, 0.6) is 5.75 Å². The third-order valence-electron chi connectivity index (χ3n) is 3.92. The lowest BCUT2D eigenvalue weighted by molar-refractivity contribution is 0.0125. The summed E-state index contributed by atoms with van der Waals surface area (Å²) in [6.45, 7) is 5.64. The SMILES string of the molecule is CCOC1CCN(Cc2ccc(OC)c(B(O)O)c2)CC1. The molecule has 2 rings (SSSR count). The van der Waals surface area contributed by atoms with Crippen LogP contribution in [0, 0.1) is 0 Å². The molecule has 0 atom stereocenters. The Morgan fingerprint density at radius 3 is 2.57 bits per heavy atom. The number of piperidine rings is 1. The summed E-state index contributed by atoms with van der Waals surface area (Å²) in [7, 11) is 0.0166. The van der Waals surface area contributed by atoms with Gasteiger partial charge in [0.15, 0.2) is 0 Å². The fraction of sp³-hybridized carbons (Fsp3) is 0.600. The fourth-order valence-electron chi connectivity index (χ4n) is 2.81. The van der Waals surface area contributed by atoms with Crippen LogP contribution in [0.1, 0.15) is 25.3 Å². The first kappa shape index (κ1) is 16.3. The van der Waals surface area contributed by atoms with Gasteiger partial charge in [0, 0.05) is 31.7 Å². The Morgan fingerprint density at radius 2 is 2.00 bits per heavy atom. The van der Waals surface area contributed by atoms with E-state index in [0.717, 1.165) is 44.6 Å². The average molecular weight is 293 g/mol. The Hall–Kier alpha value is -1.08. The molecule has 1 heterocycles. The zero-order valence-corrected chi connectivity index (χ0v) is 12.8. The molecule has 1 saturated heterocycles. The summed E-state index contributed by atoms with van der Waals surface area (Å²) in [5.74, 6) is 0.504. The van der Waals surface area contributed by atoms with Gasteiger partial charge in [-0.05, 0) is 31.4 Å². The van der Waals surface area contributed by atoms with Crippen molar-refractivity contribution < 1.29 is 19.5 Å². The molecule has 116 valence electrons. The highest BCUT2D eigenvalue weighted by atomic mass is 16.5. The van der Waals surface area contributed by atoms with Crippen molar-refractivity contribution in [1.29, 1.82) is 0 Å². The van der Waals surface area contributed by atoms with Crippen LogP contribution in [0.2, 0.25) is 0 Å². The molecule has 0 unspecified atom stereocenters. The van der Waals surface area contributed by atoms with Crippen molar-refractivity contribution >= 4 is 12.6 Å². The number of rotatable bonds is 6. The predicted molar refractivity (Wildman–Crippen MR) is 82.7 cm³/mol. The molecule has 0 aromatic heterocycles. The second-order valence-corrected chi connectivity index (χ2v) is 5.38. The summed E-state index contributed by atoms with van der Waals surface area (Å²) in [6.07, 6.45) is 2.50. The second-order valence-electron chi connectivity index (χ2n) is 5.38. The Balaban J connectivity index is 1.96. The number of hydrogen-bond donors (Lipinski definition) is 2. The van der Waals surface area contributed by atoms with Crippen LogP contribution in [-0.2, 0) is 11.3 Å². The van der Waals surface area contributed by atoms with Crippen LogP contribution >= 0.6 is 0 Å². The van der Waals surface area contributed by atoms with E-state index in [2.05, 4.69) is 4.90 Å². The van der Waals surface area contributed by atoms with Gasteiger partial charge in [-0.1, -0.05) is 12.1 Å². The van der Waals surface area contributed by atoms with E-state index >= 15 is 0 Å². The zero-order chi connectivity index (χ0) is 15.2. The van der Waals surface area contributed by atoms with Crippen LogP contribution < -0.4 is 10.2 Å². The molecule has 0 spiro atoms. The lowest BCUT2D eigenvalue weighted by atomic mass is 9.78. The van der Waals surface area contributed by atoms with Gasteiger partial charge < -0.3 is 19.5 Å². The summed E-state index contributed by atoms with van der Waals surface area (Å²) >= 11 is 0. The van der Waals surface area contributed by atoms with E-state index in [1.807, 2.05) is 13.0 Å². The van der Waals surface area contributed by atoms with Gasteiger partial charge in [-0.3, -0.25) is 4.90 Å². The molecule has 1 aliphatic rings. The van der Waals surface area contributed by atoms with Crippen molar-refractivity contribution in [3.63, 3.8) is 0 Å². The summed E-state index contributed by atoms with van der Waals surface area (Å²) < 4.78 is 10.8. The summed E-state index contributed by atoms with van der Waals surface area (Å²) in [6, 6.07) is 5.56. The smallest absolute Gasteiger partial charge is 0.492 e. The molecule has 1 aromatic rings. The monoisotopic (exact) mass is 293 g/mol. The maximum absolute atomic E-state index is 9.41. The molecular formula is C15H24BNO4. The highest BCUT2D eigenvalue weighted by molar-refractivity contribution is 6.59. The van der Waals surface area contributed by atoms with E-state index in [4.69, 9.17) is 9.47 Å². The minimum absolute atomic E-state index is 0.386. The molecule has 21 heavy (non-hydrogen) atoms. The molecule has 1 aliphatic heterocycles. The number of benzene rings is 1. The molecule has 6 heteroatoms. The lowest BCUT2D eigenvalue weighted by Gasteiger charge is -2.31. The number of methoxy groups -OCH3 is 1. The number of nitrogens with zero attached hydrogens (tertiary/aromatic N) is 1. The van der Waals surface area contributed by atoms with E-state index < -0.39 is 7.12 Å². The standard InChI is InChI=1S/C15H24BNO4/c1-3-21-13-6-8-17(9-7-13)11-12-4-5-15(20-2)14(10-12)16(18)19/h4-5,10,13,18-19H,3,6-9,11H2,1-2H3. The minimum Gasteiger partial charge on any atom is -0.497 e. The van der Waals surface area contributed by atoms with Gasteiger partial charge in [0.2, 0.25) is 0 Å². The average Bonchev–Trinajstić information content (AvgIpc) is 2.49. The summed E-state index contributed by atoms with van der Waals surface area (Å²) in [5, 5.41) is 18.8. The van der Waals surface area contributed by atoms with E-state index in [-0.39, 0.29) is 0 Å². The summed E-state index contributed by atoms with van der Waals surface area (Å²) in [4.78, 5) is 2.37. The maximum atomic E-state index is 9.41. The Morgan fingerprint density at radius 1 is 1.29 bits per heavy atom. The van der Waals surface area contributed by atoms with Crippen LogP contribution in [0.3, 0.4) is 0 Å². The van der Waals surface area contributed by atoms with Gasteiger partial charge in [-0.2, -0.15) is 0 Å². The lowest BCUT2D eigenvalue weighted by Crippen LogP contribution is -2.37. The van der Waals surface area contributed by atoms with Crippen molar-refractivity contribution in [1.82, 2.24) is 4.90 Å². The van der Waals surface area contributed by atoms with E-state index in [0.29, 0.717) is 17.3 Å². The number of ether oxygens (including phenoxy) is 2. The van der Waals surface area contributed by atoms with Gasteiger partial charge in [0.1, 0.15) is 5.75 Å². The van der Waals surface area contributed by atoms with Crippen molar-refractivity contribution in [2.75, 3.05) is 26.8 Å². The van der Waals surface area contributed by atoms with Crippen LogP contribution in [0.25, 0.3) is 0 Å². The van der Waals surface area contributed by atoms with E-state index in [9.17, 15) is 10.0 Å². The molecule has 0 amide bonds. The predicted octanol–water partition coefficient (Wildman–Crippen LogP) is 0.376. The molecule has 0 aliphatic carbocycles. The van der Waals surface area contributed by atoms with Crippen LogP contribution in [0.15, 0.2) is 18.2 Å². The fourth-order valence-corrected chi connectivity index (χ4v) is 2.81. The van der Waals surface area contributed by atoms with Gasteiger partial charge in [-0.15, -0.1) is 0 Å². The third kappa shape index (κ3) is 4.44. The van der Waals surface area contributed by atoms with Crippen LogP contribution in [0.4, 0.5) is 0 Å². The molecule has 0 radical (unpaired) electrons. The van der Waals surface area contributed by atoms with Gasteiger partial charge in [0.25, 0.3) is 0 Å². The van der Waals surface area contributed by atoms with E-state index in [1.54, 1.807) is 12.1 Å². The third-order valence-corrected chi connectivity index (χ3v) is 3.92. The first-order valence-corrected chi connectivity index (χ1v) is 7.51. The molecule has 2 N–H and O–H groups in total. The normalized spacial score (nSPS) is 17.0. The minimum atomic E-state index is -1.51.